The molecule has 122 heavy (non-hydrogen) atoms. The highest BCUT2D eigenvalue weighted by atomic mass is 16.8. The average Bonchev–Trinajstić information content (AvgIpc) is 0.747. The molecule has 0 aliphatic carbocycles. The number of hydrogen-bond donors (Lipinski definition) is 1. The van der Waals surface area contributed by atoms with Crippen molar-refractivity contribution in [2.45, 2.75) is 234 Å². The molecule has 30 nitrogen and oxygen atoms in total. The minimum atomic E-state index is -1.61. The lowest BCUT2D eigenvalue weighted by Gasteiger charge is -2.55. The van der Waals surface area contributed by atoms with E-state index in [1.165, 1.54) is 0 Å². The first-order valence-electron chi connectivity index (χ1n) is 42.1. The molecule has 7 aromatic rings. The number of carbonyl (C=O) groups excluding carboxylic acids is 3. The van der Waals surface area contributed by atoms with E-state index in [0.717, 1.165) is 0 Å². The second kappa shape index (κ2) is 38.9. The average molecular weight is 1680 g/mol. The van der Waals surface area contributed by atoms with Crippen LogP contribution in [0.4, 0.5) is 0 Å². The maximum absolute atomic E-state index is 15.1. The van der Waals surface area contributed by atoms with Crippen molar-refractivity contribution < 1.29 is 128 Å². The van der Waals surface area contributed by atoms with Crippen LogP contribution in [-0.4, -0.2) is 210 Å². The number of azide groups is 1. The smallest absolute Gasteiger partial charge is 0.338 e. The second-order valence-electron chi connectivity index (χ2n) is 32.6. The second-order valence-corrected chi connectivity index (χ2v) is 32.6. The molecule has 7 aromatic carbocycles. The fourth-order valence-corrected chi connectivity index (χ4v) is 17.8. The van der Waals surface area contributed by atoms with E-state index in [-0.39, 0.29) is 67.0 Å². The van der Waals surface area contributed by atoms with Gasteiger partial charge in [-0.3, -0.25) is 0 Å². The van der Waals surface area contributed by atoms with Crippen LogP contribution in [0.15, 0.2) is 217 Å². The normalized spacial score (nSPS) is 38.8. The molecule has 10 heterocycles. The lowest BCUT2D eigenvalue weighted by Crippen LogP contribution is -2.70. The minimum Gasteiger partial charge on any atom is -0.451 e. The number of aliphatic hydroxyl groups is 1. The van der Waals surface area contributed by atoms with Crippen molar-refractivity contribution in [3.05, 3.63) is 262 Å². The van der Waals surface area contributed by atoms with Crippen LogP contribution in [0.25, 0.3) is 10.4 Å². The third-order valence-corrected chi connectivity index (χ3v) is 25.0. The van der Waals surface area contributed by atoms with E-state index in [1.54, 1.807) is 91.0 Å². The zero-order valence-corrected chi connectivity index (χ0v) is 68.5. The number of nitrogens with zero attached hydrogens (tertiary/aromatic N) is 3. The van der Waals surface area contributed by atoms with Gasteiger partial charge in [-0.25, -0.2) is 14.4 Å². The molecule has 0 bridgehead atoms. The van der Waals surface area contributed by atoms with Gasteiger partial charge in [0, 0.05) is 44.9 Å². The van der Waals surface area contributed by atoms with Gasteiger partial charge in [-0.2, -0.15) is 0 Å². The topological polar surface area (TPSA) is 332 Å². The van der Waals surface area contributed by atoms with Crippen molar-refractivity contribution in [2.75, 3.05) is 33.2 Å². The van der Waals surface area contributed by atoms with E-state index in [9.17, 15) is 20.2 Å². The molecule has 0 radical (unpaired) electrons. The van der Waals surface area contributed by atoms with Crippen LogP contribution in [0, 0.1) is 29.6 Å². The van der Waals surface area contributed by atoms with Crippen molar-refractivity contribution in [1.29, 1.82) is 0 Å². The lowest BCUT2D eigenvalue weighted by atomic mass is 9.78. The van der Waals surface area contributed by atoms with Gasteiger partial charge in [0.2, 0.25) is 0 Å². The summed E-state index contributed by atoms with van der Waals surface area (Å²) in [6.45, 7) is 13.2. The van der Waals surface area contributed by atoms with Gasteiger partial charge in [0.15, 0.2) is 81.2 Å². The summed E-state index contributed by atoms with van der Waals surface area (Å²) in [5.41, 5.74) is 12.8. The molecule has 10 saturated heterocycles. The summed E-state index contributed by atoms with van der Waals surface area (Å²) in [6, 6.07) is 62.4. The zero-order valence-electron chi connectivity index (χ0n) is 68.5. The summed E-state index contributed by atoms with van der Waals surface area (Å²) in [5.74, 6) is -4.03. The summed E-state index contributed by atoms with van der Waals surface area (Å²) in [7, 11) is 0. The first kappa shape index (κ1) is 85.6. The predicted octanol–water partition coefficient (Wildman–Crippen LogP) is 12.7. The predicted molar refractivity (Wildman–Crippen MR) is 426 cm³/mol. The van der Waals surface area contributed by atoms with Crippen LogP contribution in [0.5, 0.6) is 0 Å². The van der Waals surface area contributed by atoms with Gasteiger partial charge < -0.3 is 114 Å². The molecule has 30 heteroatoms. The Kier molecular flexibility index (Phi) is 27.3. The Morgan fingerprint density at radius 2 is 0.689 bits per heavy atom. The van der Waals surface area contributed by atoms with E-state index in [2.05, 4.69) is 37.7 Å². The Bertz CT molecular complexity index is 4600. The van der Waals surface area contributed by atoms with Crippen molar-refractivity contribution in [1.82, 2.24) is 0 Å². The van der Waals surface area contributed by atoms with Gasteiger partial charge in [0.1, 0.15) is 86.1 Å². The Morgan fingerprint density at radius 1 is 0.352 bits per heavy atom. The van der Waals surface area contributed by atoms with E-state index in [1.807, 2.05) is 142 Å². The van der Waals surface area contributed by atoms with E-state index >= 15 is 4.79 Å². The Balaban J connectivity index is 0.753. The fourth-order valence-electron chi connectivity index (χ4n) is 17.8. The van der Waals surface area contributed by atoms with Crippen LogP contribution >= 0.6 is 0 Å². The third-order valence-electron chi connectivity index (χ3n) is 25.0. The van der Waals surface area contributed by atoms with Gasteiger partial charge >= 0.3 is 17.9 Å². The molecular weight excluding hydrogens is 1580 g/mol. The van der Waals surface area contributed by atoms with Crippen LogP contribution in [0.3, 0.4) is 0 Å². The molecule has 17 rings (SSSR count). The molecule has 1 N–H and O–H groups in total. The van der Waals surface area contributed by atoms with Crippen molar-refractivity contribution in [2.24, 2.45) is 34.7 Å². The molecule has 0 saturated carbocycles. The van der Waals surface area contributed by atoms with Gasteiger partial charge in [0.05, 0.1) is 61.4 Å². The maximum Gasteiger partial charge on any atom is 0.338 e. The third kappa shape index (κ3) is 18.6. The molecular formula is C92H103N3O27. The van der Waals surface area contributed by atoms with E-state index in [0.29, 0.717) is 28.7 Å². The van der Waals surface area contributed by atoms with Gasteiger partial charge in [-0.05, 0) is 67.1 Å². The molecule has 0 aromatic heterocycles. The number of ether oxygens (including phenoxy) is 23. The molecule has 0 amide bonds. The van der Waals surface area contributed by atoms with Crippen LogP contribution < -0.4 is 0 Å². The SMILES string of the molecule is CCC1OC(OC2[C@H](O[C@@H]3C(C)[C@H](OC4[C@@H](C)C(C)O[C@@H](O[C@H]5[C@@H]6OC(c7ccccc7)OCC6OC(OCN=[N+]=[N-])[C@H]5OC(=O)c5ccccc5)[C@H]4OC(=O)c4ccccc4)OC4COC(c5ccccc5)O[C@H]43)OC3COC(c4ccccc4)O[C@H]3[C@@H]2OC2OC3COC(c4ccccc4)O[C@H]3[C@H](O)[C@@H]2OC(=O)c2ccccc2)[C@H](C)[C@@H](C)[C@@H]1C. The number of fused-ring (bicyclic) bond motifs is 4. The summed E-state index contributed by atoms with van der Waals surface area (Å²) in [6.07, 6.45) is -33.8. The quantitative estimate of drug-likeness (QED) is 0.0193. The summed E-state index contributed by atoms with van der Waals surface area (Å²) in [4.78, 5) is 47.3. The van der Waals surface area contributed by atoms with Crippen molar-refractivity contribution in [3.8, 4) is 0 Å². The number of esters is 3. The Hall–Kier alpha value is -8.58. The van der Waals surface area contributed by atoms with Crippen LogP contribution in [-0.2, 0) is 109 Å². The summed E-state index contributed by atoms with van der Waals surface area (Å²) < 4.78 is 160. The number of carbonyl (C=O) groups is 3. The number of hydrogen-bond acceptors (Lipinski definition) is 28. The molecule has 10 fully saturated rings. The Morgan fingerprint density at radius 3 is 1.13 bits per heavy atom. The number of benzene rings is 7. The zero-order chi connectivity index (χ0) is 84.1. The van der Waals surface area contributed by atoms with Crippen molar-refractivity contribution >= 4 is 17.9 Å². The number of rotatable bonds is 24. The van der Waals surface area contributed by atoms with E-state index in [4.69, 9.17) is 109 Å². The fraction of sp³-hybridized carbons (Fsp3) is 0.511. The molecule has 0 spiro atoms. The maximum atomic E-state index is 15.1. The van der Waals surface area contributed by atoms with E-state index < -0.39 is 209 Å². The molecule has 10 aliphatic heterocycles. The largest absolute Gasteiger partial charge is 0.451 e. The summed E-state index contributed by atoms with van der Waals surface area (Å²) in [5, 5.41) is 16.7. The highest BCUT2D eigenvalue weighted by Gasteiger charge is 2.63. The van der Waals surface area contributed by atoms with Crippen molar-refractivity contribution in [3.63, 3.8) is 0 Å². The molecule has 16 unspecified atom stereocenters. The molecule has 648 valence electrons. The highest BCUT2D eigenvalue weighted by Crippen LogP contribution is 2.49. The standard InChI is InChI=1S/C92H103N3O27/c1-8-62-50(3)49(2)51(4)83(106-62)122-79-76(120-90-74(111-80(97)55-30-16-9-17-31-55)67(96)70-63(109-90)44-100-85(116-70)58-36-22-12-23-37-58)73-66(47-103-88(119-73)61-42-28-15-29-43-61)110-92(79)115-69-53(6)84(107-64-45-101-86(117-71(64)69)59-38-24-13-25-39-59)114-68-52(5)54(7)105-91(77(68)112-81(98)56-32-18-10-19-33-56)121-75-72-65(46-102-87(118-72)60-40-26-14-27-41-60)108-89(104-48-94-95-93)78(75)113-82(99)57-34-20-11-21-35-57/h9-43,49-54,62-79,83-92,96H,8,44-48H2,1-7H3/t49-,50-,51+,52-,53?,54?,62?,63?,64?,65?,66?,67-,68?,69+,70+,71+,72+,73+,74-,75-,76-,77-,78-,79?,83?,84-,85?,86?,87?,88?,89?,90?,91-,92-/m0/s1. The van der Waals surface area contributed by atoms with Gasteiger partial charge in [-0.15, -0.1) is 0 Å². The van der Waals surface area contributed by atoms with Gasteiger partial charge in [0.25, 0.3) is 0 Å². The monoisotopic (exact) mass is 1680 g/mol. The van der Waals surface area contributed by atoms with Crippen LogP contribution in [0.2, 0.25) is 0 Å². The Labute approximate surface area is 706 Å². The molecule has 34 atom stereocenters. The lowest BCUT2D eigenvalue weighted by molar-refractivity contribution is -0.433. The van der Waals surface area contributed by atoms with Crippen LogP contribution in [0.1, 0.15) is 133 Å². The summed E-state index contributed by atoms with van der Waals surface area (Å²) >= 11 is 0. The first-order chi connectivity index (χ1) is 59.5. The van der Waals surface area contributed by atoms with Gasteiger partial charge in [-0.1, -0.05) is 223 Å². The highest BCUT2D eigenvalue weighted by molar-refractivity contribution is 5.90. The minimum absolute atomic E-state index is 0.0459. The molecule has 10 aliphatic rings. The first-order valence-corrected chi connectivity index (χ1v) is 42.1. The number of aliphatic hydroxyl groups excluding tert-OH is 1.